The summed E-state index contributed by atoms with van der Waals surface area (Å²) in [5.41, 5.74) is -1.15. The number of aliphatic hydroxyl groups is 1. The van der Waals surface area contributed by atoms with Crippen molar-refractivity contribution in [3.63, 3.8) is 0 Å². The first-order chi connectivity index (χ1) is 11.7. The van der Waals surface area contributed by atoms with Gasteiger partial charge in [0.05, 0.1) is 29.5 Å². The Hall–Kier alpha value is -0.910. The quantitative estimate of drug-likeness (QED) is 0.537. The number of hydrogen-bond donors (Lipinski definition) is 1. The van der Waals surface area contributed by atoms with Gasteiger partial charge in [0, 0.05) is 5.57 Å². The van der Waals surface area contributed by atoms with Crippen LogP contribution in [0.5, 0.6) is 0 Å². The predicted molar refractivity (Wildman–Crippen MR) is 92.0 cm³/mol. The number of carbonyl (C=O) groups is 1. The smallest absolute Gasteiger partial charge is 0.334 e. The van der Waals surface area contributed by atoms with Gasteiger partial charge in [-0.05, 0) is 71.6 Å². The highest BCUT2D eigenvalue weighted by Crippen LogP contribution is 2.50. The van der Waals surface area contributed by atoms with Crippen molar-refractivity contribution >= 4 is 5.97 Å². The van der Waals surface area contributed by atoms with Crippen molar-refractivity contribution in [1.29, 1.82) is 0 Å². The number of hydrogen-bond acceptors (Lipinski definition) is 5. The number of ether oxygens (including phenoxy) is 3. The van der Waals surface area contributed by atoms with Crippen LogP contribution in [-0.4, -0.2) is 46.2 Å². The van der Waals surface area contributed by atoms with Crippen molar-refractivity contribution in [3.05, 3.63) is 12.2 Å². The molecule has 5 nitrogen and oxygen atoms in total. The molecule has 1 N–H and O–H groups in total. The van der Waals surface area contributed by atoms with E-state index in [-0.39, 0.29) is 29.7 Å². The van der Waals surface area contributed by atoms with E-state index in [2.05, 4.69) is 13.5 Å². The second-order valence-corrected chi connectivity index (χ2v) is 9.13. The van der Waals surface area contributed by atoms with Gasteiger partial charge in [0.2, 0.25) is 0 Å². The Morgan fingerprint density at radius 1 is 0.960 bits per heavy atom. The molecule has 0 aromatic carbocycles. The molecule has 6 bridgehead atoms. The SMILES string of the molecule is C=C1C(=O)O[C@]2(C)CC[C@@H]1C[C@H](O)[C@@]1(C)CC[C@@H](O1)[C@@]1(C)CC[C@@H]2O1. The number of aliphatic hydroxyl groups excluding tert-OH is 1. The van der Waals surface area contributed by atoms with Crippen molar-refractivity contribution < 1.29 is 24.1 Å². The maximum Gasteiger partial charge on any atom is 0.334 e. The Labute approximate surface area is 149 Å². The van der Waals surface area contributed by atoms with Gasteiger partial charge >= 0.3 is 5.97 Å². The van der Waals surface area contributed by atoms with Crippen LogP contribution in [0, 0.1) is 5.92 Å². The number of rotatable bonds is 0. The van der Waals surface area contributed by atoms with Crippen LogP contribution < -0.4 is 0 Å². The molecule has 4 aliphatic rings. The molecule has 7 atom stereocenters. The van der Waals surface area contributed by atoms with Gasteiger partial charge < -0.3 is 19.3 Å². The Kier molecular flexibility index (Phi) is 3.88. The van der Waals surface area contributed by atoms with Crippen molar-refractivity contribution in [3.8, 4) is 0 Å². The van der Waals surface area contributed by atoms with Gasteiger partial charge in [-0.25, -0.2) is 4.79 Å². The van der Waals surface area contributed by atoms with Crippen LogP contribution >= 0.6 is 0 Å². The van der Waals surface area contributed by atoms with Gasteiger partial charge in [0.1, 0.15) is 5.60 Å². The monoisotopic (exact) mass is 350 g/mol. The lowest BCUT2D eigenvalue weighted by Gasteiger charge is -2.39. The Morgan fingerprint density at radius 2 is 1.52 bits per heavy atom. The zero-order valence-corrected chi connectivity index (χ0v) is 15.5. The van der Waals surface area contributed by atoms with Gasteiger partial charge in [0.15, 0.2) is 0 Å². The first-order valence-electron chi connectivity index (χ1n) is 9.61. The van der Waals surface area contributed by atoms with Crippen molar-refractivity contribution in [1.82, 2.24) is 0 Å². The van der Waals surface area contributed by atoms with Gasteiger partial charge in [-0.1, -0.05) is 6.58 Å². The minimum atomic E-state index is -0.640. The molecular formula is C20H30O5. The number of esters is 1. The number of fused-ring (bicyclic) bond motifs is 9. The van der Waals surface area contributed by atoms with E-state index in [1.165, 1.54) is 0 Å². The molecule has 0 unspecified atom stereocenters. The van der Waals surface area contributed by atoms with E-state index in [0.717, 1.165) is 38.5 Å². The van der Waals surface area contributed by atoms with Crippen molar-refractivity contribution in [2.45, 2.75) is 101 Å². The normalized spacial score (nSPS) is 53.1. The molecule has 0 aromatic heterocycles. The lowest BCUT2D eigenvalue weighted by atomic mass is 9.81. The third-order valence-electron chi connectivity index (χ3n) is 7.27. The van der Waals surface area contributed by atoms with Gasteiger partial charge in [0.25, 0.3) is 0 Å². The molecule has 25 heavy (non-hydrogen) atoms. The fourth-order valence-electron chi connectivity index (χ4n) is 5.20. The highest BCUT2D eigenvalue weighted by molar-refractivity contribution is 5.89. The average molecular weight is 350 g/mol. The van der Waals surface area contributed by atoms with E-state index in [1.54, 1.807) is 0 Å². The molecule has 4 saturated heterocycles. The average Bonchev–Trinajstić information content (AvgIpc) is 3.13. The summed E-state index contributed by atoms with van der Waals surface area (Å²) < 4.78 is 18.8. The van der Waals surface area contributed by atoms with Crippen molar-refractivity contribution in [2.24, 2.45) is 5.92 Å². The fourth-order valence-corrected chi connectivity index (χ4v) is 5.20. The van der Waals surface area contributed by atoms with Crippen LogP contribution in [0.25, 0.3) is 0 Å². The first kappa shape index (κ1) is 17.5. The Balaban J connectivity index is 1.74. The molecule has 140 valence electrons. The summed E-state index contributed by atoms with van der Waals surface area (Å²) in [7, 11) is 0. The van der Waals surface area contributed by atoms with Gasteiger partial charge in [-0.15, -0.1) is 0 Å². The van der Waals surface area contributed by atoms with Crippen LogP contribution in [0.15, 0.2) is 12.2 Å². The first-order valence-corrected chi connectivity index (χ1v) is 9.61. The second-order valence-electron chi connectivity index (χ2n) is 9.13. The van der Waals surface area contributed by atoms with E-state index in [9.17, 15) is 9.90 Å². The topological polar surface area (TPSA) is 65.0 Å². The molecule has 0 radical (unpaired) electrons. The minimum Gasteiger partial charge on any atom is -0.453 e. The molecule has 5 heteroatoms. The highest BCUT2D eigenvalue weighted by Gasteiger charge is 2.56. The van der Waals surface area contributed by atoms with Crippen LogP contribution in [0.3, 0.4) is 0 Å². The molecule has 4 rings (SSSR count). The summed E-state index contributed by atoms with van der Waals surface area (Å²) in [5, 5.41) is 10.9. The third-order valence-corrected chi connectivity index (χ3v) is 7.27. The zero-order chi connectivity index (χ0) is 18.0. The van der Waals surface area contributed by atoms with E-state index in [0.29, 0.717) is 12.0 Å². The maximum absolute atomic E-state index is 12.6. The Bertz CT molecular complexity index is 603. The molecule has 0 amide bonds. The zero-order valence-electron chi connectivity index (χ0n) is 15.5. The van der Waals surface area contributed by atoms with Crippen molar-refractivity contribution in [2.75, 3.05) is 0 Å². The lowest BCUT2D eigenvalue weighted by molar-refractivity contribution is -0.203. The summed E-state index contributed by atoms with van der Waals surface area (Å²) in [6.45, 7) is 10.1. The lowest BCUT2D eigenvalue weighted by Crippen LogP contribution is -2.48. The van der Waals surface area contributed by atoms with E-state index in [1.807, 2.05) is 13.8 Å². The Morgan fingerprint density at radius 3 is 2.24 bits per heavy atom. The minimum absolute atomic E-state index is 0.0288. The molecule has 0 aliphatic carbocycles. The summed E-state index contributed by atoms with van der Waals surface area (Å²) in [6, 6.07) is 0. The summed E-state index contributed by atoms with van der Waals surface area (Å²) in [4.78, 5) is 12.6. The van der Waals surface area contributed by atoms with E-state index >= 15 is 0 Å². The maximum atomic E-state index is 12.6. The predicted octanol–water partition coefficient (Wildman–Crippen LogP) is 2.89. The van der Waals surface area contributed by atoms with E-state index < -0.39 is 17.3 Å². The molecule has 0 saturated carbocycles. The summed E-state index contributed by atoms with van der Waals surface area (Å²) in [5.74, 6) is -0.416. The molecule has 4 aliphatic heterocycles. The van der Waals surface area contributed by atoms with Crippen LogP contribution in [-0.2, 0) is 19.0 Å². The van der Waals surface area contributed by atoms with Crippen LogP contribution in [0.1, 0.15) is 65.7 Å². The second kappa shape index (κ2) is 5.54. The summed E-state index contributed by atoms with van der Waals surface area (Å²) in [6.07, 6.45) is 4.66. The molecule has 4 fully saturated rings. The number of carbonyl (C=O) groups excluding carboxylic acids is 1. The molecule has 4 heterocycles. The molecule has 0 aromatic rings. The van der Waals surface area contributed by atoms with E-state index in [4.69, 9.17) is 14.2 Å². The fraction of sp³-hybridized carbons (Fsp3) is 0.850. The highest BCUT2D eigenvalue weighted by atomic mass is 16.6. The molecule has 0 spiro atoms. The third kappa shape index (κ3) is 2.66. The van der Waals surface area contributed by atoms with Gasteiger partial charge in [-0.3, -0.25) is 0 Å². The van der Waals surface area contributed by atoms with Crippen LogP contribution in [0.2, 0.25) is 0 Å². The van der Waals surface area contributed by atoms with Gasteiger partial charge in [-0.2, -0.15) is 0 Å². The molecular weight excluding hydrogens is 320 g/mol. The van der Waals surface area contributed by atoms with Crippen LogP contribution in [0.4, 0.5) is 0 Å². The summed E-state index contributed by atoms with van der Waals surface area (Å²) >= 11 is 0. The largest absolute Gasteiger partial charge is 0.453 e. The standard InChI is InChI=1S/C20H30O5/c1-12-13-5-8-20(4,25-17(12)22)16-7-10-19(3,24-16)15-6-9-18(2,23-15)14(21)11-13/h13-16,21H,1,5-11H2,2-4H3/t13-,14+,15-,16+,18-,19-,20-/m1/s1.